The van der Waals surface area contributed by atoms with Crippen molar-refractivity contribution in [2.24, 2.45) is 0 Å². The fourth-order valence-corrected chi connectivity index (χ4v) is 4.52. The fraction of sp³-hybridized carbons (Fsp3) is 0.632. The standard InChI is InChI=1S/C19H27F3N2O6S/c1-28-10-11-29-13-18(25)23-16-12-15(6-7-17(16)30-14-19(20,21)22)31(26,27)24-8-4-2-3-5-9-24/h6-7,12H,2-5,8-11,13-14H2,1H3,(H,23,25). The van der Waals surface area contributed by atoms with Gasteiger partial charge in [-0.1, -0.05) is 12.8 Å². The van der Waals surface area contributed by atoms with Gasteiger partial charge in [0.1, 0.15) is 12.4 Å². The van der Waals surface area contributed by atoms with Gasteiger partial charge in [0.25, 0.3) is 0 Å². The van der Waals surface area contributed by atoms with Crippen LogP contribution in [-0.2, 0) is 24.3 Å². The number of ether oxygens (including phenoxy) is 3. The number of methoxy groups -OCH3 is 1. The highest BCUT2D eigenvalue weighted by molar-refractivity contribution is 7.89. The molecule has 1 N–H and O–H groups in total. The van der Waals surface area contributed by atoms with Gasteiger partial charge in [0, 0.05) is 20.2 Å². The summed E-state index contributed by atoms with van der Waals surface area (Å²) in [6.45, 7) is -0.835. The van der Waals surface area contributed by atoms with Crippen molar-refractivity contribution in [2.75, 3.05) is 51.9 Å². The van der Waals surface area contributed by atoms with Gasteiger partial charge in [0.2, 0.25) is 15.9 Å². The van der Waals surface area contributed by atoms with Crippen molar-refractivity contribution in [2.45, 2.75) is 36.8 Å². The third-order valence-electron chi connectivity index (χ3n) is 4.48. The van der Waals surface area contributed by atoms with Gasteiger partial charge in [-0.15, -0.1) is 0 Å². The van der Waals surface area contributed by atoms with E-state index in [0.29, 0.717) is 13.1 Å². The first kappa shape index (κ1) is 25.4. The van der Waals surface area contributed by atoms with Gasteiger partial charge >= 0.3 is 6.18 Å². The van der Waals surface area contributed by atoms with Crippen LogP contribution in [0.5, 0.6) is 5.75 Å². The lowest BCUT2D eigenvalue weighted by Gasteiger charge is -2.21. The molecule has 0 aromatic heterocycles. The van der Waals surface area contributed by atoms with Crippen molar-refractivity contribution in [3.63, 3.8) is 0 Å². The summed E-state index contributed by atoms with van der Waals surface area (Å²) in [5, 5.41) is 2.37. The molecule has 1 fully saturated rings. The summed E-state index contributed by atoms with van der Waals surface area (Å²) in [7, 11) is -2.41. The number of hydrogen-bond acceptors (Lipinski definition) is 6. The number of nitrogens with zero attached hydrogens (tertiary/aromatic N) is 1. The minimum absolute atomic E-state index is 0.135. The van der Waals surface area contributed by atoms with Crippen molar-refractivity contribution < 1.29 is 40.6 Å². The molecule has 0 atom stereocenters. The van der Waals surface area contributed by atoms with E-state index in [9.17, 15) is 26.4 Å². The summed E-state index contributed by atoms with van der Waals surface area (Å²) in [6.07, 6.45) is -1.27. The van der Waals surface area contributed by atoms with Crippen LogP contribution in [0.1, 0.15) is 25.7 Å². The molecule has 0 unspecified atom stereocenters. The van der Waals surface area contributed by atoms with Crippen LogP contribution in [0.4, 0.5) is 18.9 Å². The second-order valence-corrected chi connectivity index (χ2v) is 8.91. The monoisotopic (exact) mass is 468 g/mol. The molecule has 1 amide bonds. The summed E-state index contributed by atoms with van der Waals surface area (Å²) in [5.74, 6) is -0.963. The predicted molar refractivity (Wildman–Crippen MR) is 107 cm³/mol. The van der Waals surface area contributed by atoms with E-state index in [1.165, 1.54) is 17.5 Å². The molecule has 0 radical (unpaired) electrons. The zero-order valence-electron chi connectivity index (χ0n) is 17.2. The molecule has 1 saturated heterocycles. The highest BCUT2D eigenvalue weighted by atomic mass is 32.2. The zero-order valence-corrected chi connectivity index (χ0v) is 18.1. The van der Waals surface area contributed by atoms with Crippen LogP contribution in [0.2, 0.25) is 0 Å². The molecule has 8 nitrogen and oxygen atoms in total. The average molecular weight is 468 g/mol. The Labute approximate surface area is 179 Å². The number of hydrogen-bond donors (Lipinski definition) is 1. The van der Waals surface area contributed by atoms with E-state index in [4.69, 9.17) is 14.2 Å². The summed E-state index contributed by atoms with van der Waals surface area (Å²) < 4.78 is 79.7. The van der Waals surface area contributed by atoms with E-state index in [-0.39, 0.29) is 36.2 Å². The number of carbonyl (C=O) groups excluding carboxylic acids is 1. The molecule has 1 aliphatic rings. The number of benzene rings is 1. The zero-order chi connectivity index (χ0) is 22.9. The predicted octanol–water partition coefficient (Wildman–Crippen LogP) is 2.79. The normalized spacial score (nSPS) is 16.0. The number of rotatable bonds is 10. The molecule has 1 aromatic rings. The maximum absolute atomic E-state index is 13.0. The lowest BCUT2D eigenvalue weighted by atomic mass is 10.2. The van der Waals surface area contributed by atoms with Gasteiger partial charge in [-0.25, -0.2) is 8.42 Å². The maximum atomic E-state index is 13.0. The van der Waals surface area contributed by atoms with Crippen LogP contribution in [-0.4, -0.2) is 71.4 Å². The topological polar surface area (TPSA) is 94.2 Å². The molecular formula is C19H27F3N2O6S. The third kappa shape index (κ3) is 8.28. The number of nitrogens with one attached hydrogen (secondary N) is 1. The van der Waals surface area contributed by atoms with E-state index in [2.05, 4.69) is 5.32 Å². The molecule has 0 spiro atoms. The van der Waals surface area contributed by atoms with Crippen LogP contribution in [0.3, 0.4) is 0 Å². The van der Waals surface area contributed by atoms with Crippen LogP contribution < -0.4 is 10.1 Å². The van der Waals surface area contributed by atoms with Crippen molar-refractivity contribution >= 4 is 21.6 Å². The smallest absolute Gasteiger partial charge is 0.422 e. The maximum Gasteiger partial charge on any atom is 0.422 e. The first-order chi connectivity index (χ1) is 14.6. The largest absolute Gasteiger partial charge is 0.482 e. The summed E-state index contributed by atoms with van der Waals surface area (Å²) >= 11 is 0. The quantitative estimate of drug-likeness (QED) is 0.531. The average Bonchev–Trinajstić information content (AvgIpc) is 3.00. The second-order valence-electron chi connectivity index (χ2n) is 6.97. The van der Waals surface area contributed by atoms with Gasteiger partial charge in [-0.05, 0) is 31.0 Å². The van der Waals surface area contributed by atoms with Crippen LogP contribution in [0.15, 0.2) is 23.1 Å². The molecule has 0 saturated carbocycles. The lowest BCUT2D eigenvalue weighted by molar-refractivity contribution is -0.153. The van der Waals surface area contributed by atoms with E-state index < -0.39 is 28.7 Å². The molecule has 12 heteroatoms. The van der Waals surface area contributed by atoms with Gasteiger partial charge in [-0.2, -0.15) is 17.5 Å². The Balaban J connectivity index is 2.24. The molecule has 176 valence electrons. The molecule has 0 bridgehead atoms. The highest BCUT2D eigenvalue weighted by Gasteiger charge is 2.30. The molecule has 0 aliphatic carbocycles. The van der Waals surface area contributed by atoms with Crippen molar-refractivity contribution in [3.05, 3.63) is 18.2 Å². The number of alkyl halides is 3. The molecule has 2 rings (SSSR count). The molecule has 1 aliphatic heterocycles. The van der Waals surface area contributed by atoms with Crippen LogP contribution in [0.25, 0.3) is 0 Å². The van der Waals surface area contributed by atoms with Gasteiger partial charge in [0.15, 0.2) is 6.61 Å². The molecule has 31 heavy (non-hydrogen) atoms. The second kappa shape index (κ2) is 11.7. The highest BCUT2D eigenvalue weighted by Crippen LogP contribution is 2.31. The number of carbonyl (C=O) groups is 1. The van der Waals surface area contributed by atoms with Crippen LogP contribution >= 0.6 is 0 Å². The SMILES string of the molecule is COCCOCC(=O)Nc1cc(S(=O)(=O)N2CCCCCC2)ccc1OCC(F)(F)F. The first-order valence-corrected chi connectivity index (χ1v) is 11.3. The minimum Gasteiger partial charge on any atom is -0.482 e. The summed E-state index contributed by atoms with van der Waals surface area (Å²) in [6, 6.07) is 3.40. The lowest BCUT2D eigenvalue weighted by Crippen LogP contribution is -2.32. The van der Waals surface area contributed by atoms with Gasteiger partial charge in [0.05, 0.1) is 23.8 Å². The number of anilines is 1. The van der Waals surface area contributed by atoms with Crippen molar-refractivity contribution in [1.29, 1.82) is 0 Å². The van der Waals surface area contributed by atoms with Gasteiger partial charge < -0.3 is 19.5 Å². The van der Waals surface area contributed by atoms with Crippen LogP contribution in [0, 0.1) is 0 Å². The molecule has 1 heterocycles. The minimum atomic E-state index is -4.60. The third-order valence-corrected chi connectivity index (χ3v) is 6.38. The van der Waals surface area contributed by atoms with E-state index >= 15 is 0 Å². The summed E-state index contributed by atoms with van der Waals surface area (Å²) in [5.41, 5.74) is -0.180. The Morgan fingerprint density at radius 2 is 1.81 bits per heavy atom. The van der Waals surface area contributed by atoms with Crippen molar-refractivity contribution in [1.82, 2.24) is 4.31 Å². The Hall–Kier alpha value is -1.89. The van der Waals surface area contributed by atoms with Crippen molar-refractivity contribution in [3.8, 4) is 5.75 Å². The van der Waals surface area contributed by atoms with E-state index in [0.717, 1.165) is 37.8 Å². The number of halogens is 3. The van der Waals surface area contributed by atoms with Gasteiger partial charge in [-0.3, -0.25) is 4.79 Å². The molecule has 1 aromatic carbocycles. The Morgan fingerprint density at radius 1 is 1.13 bits per heavy atom. The summed E-state index contributed by atoms with van der Waals surface area (Å²) in [4.78, 5) is 12.0. The Morgan fingerprint density at radius 3 is 2.42 bits per heavy atom. The fourth-order valence-electron chi connectivity index (χ4n) is 2.98. The van der Waals surface area contributed by atoms with E-state index in [1.54, 1.807) is 0 Å². The molecular weight excluding hydrogens is 441 g/mol. The Kier molecular flexibility index (Phi) is 9.54. The Bertz CT molecular complexity index is 824. The van der Waals surface area contributed by atoms with E-state index in [1.807, 2.05) is 0 Å². The first-order valence-electron chi connectivity index (χ1n) is 9.84. The number of sulfonamides is 1. The number of amides is 1.